The maximum Gasteiger partial charge on any atom is 0.163 e. The van der Waals surface area contributed by atoms with Crippen LogP contribution in [-0.4, -0.2) is 12.8 Å². The van der Waals surface area contributed by atoms with Gasteiger partial charge in [0.2, 0.25) is 0 Å². The molecule has 0 aromatic heterocycles. The number of nitrogens with zero attached hydrogens (tertiary/aromatic N) is 1. The lowest BCUT2D eigenvalue weighted by Crippen LogP contribution is -2.08. The average Bonchev–Trinajstić information content (AvgIpc) is 3.16. The lowest BCUT2D eigenvalue weighted by molar-refractivity contribution is 0.0994. The Morgan fingerprint density at radius 2 is 1.87 bits per heavy atom. The molecule has 2 aromatic carbocycles. The van der Waals surface area contributed by atoms with Gasteiger partial charge in [-0.1, -0.05) is 64.0 Å². The van der Waals surface area contributed by atoms with Crippen molar-refractivity contribution >= 4 is 11.5 Å². The van der Waals surface area contributed by atoms with E-state index in [9.17, 15) is 4.79 Å². The molecule has 1 aliphatic rings. The van der Waals surface area contributed by atoms with E-state index in [1.165, 1.54) is 53.5 Å². The second-order valence-electron chi connectivity index (χ2n) is 8.81. The van der Waals surface area contributed by atoms with E-state index in [1.54, 1.807) is 6.08 Å². The highest BCUT2D eigenvalue weighted by atomic mass is 16.1. The van der Waals surface area contributed by atoms with Crippen molar-refractivity contribution in [3.05, 3.63) is 77.5 Å². The fraction of sp³-hybridized carbons (Fsp3) is 0.414. The maximum absolute atomic E-state index is 12.5. The molecule has 1 aliphatic carbocycles. The maximum atomic E-state index is 12.5. The van der Waals surface area contributed by atoms with E-state index < -0.39 is 0 Å². The predicted molar refractivity (Wildman–Crippen MR) is 134 cm³/mol. The number of carbonyl (C=O) groups is 1. The summed E-state index contributed by atoms with van der Waals surface area (Å²) in [5.74, 6) is 1.11. The molecule has 0 radical (unpaired) electrons. The van der Waals surface area contributed by atoms with Crippen molar-refractivity contribution in [3.8, 4) is 11.1 Å². The highest BCUT2D eigenvalue weighted by Crippen LogP contribution is 2.39. The molecular weight excluding hydrogens is 378 g/mol. The monoisotopic (exact) mass is 415 g/mol. The van der Waals surface area contributed by atoms with Crippen LogP contribution in [-0.2, 0) is 12.8 Å². The van der Waals surface area contributed by atoms with Gasteiger partial charge >= 0.3 is 0 Å². The molecule has 3 rings (SSSR count). The van der Waals surface area contributed by atoms with Crippen LogP contribution in [0.15, 0.2) is 55.3 Å². The normalized spacial score (nSPS) is 13.3. The van der Waals surface area contributed by atoms with Crippen molar-refractivity contribution < 1.29 is 4.79 Å². The molecule has 0 atom stereocenters. The van der Waals surface area contributed by atoms with Gasteiger partial charge in [-0.05, 0) is 78.1 Å². The number of carbonyl (C=O) groups excluding carboxylic acids is 1. The van der Waals surface area contributed by atoms with Crippen LogP contribution in [0.5, 0.6) is 0 Å². The minimum absolute atomic E-state index is 0.291. The summed E-state index contributed by atoms with van der Waals surface area (Å²) in [6, 6.07) is 10.9. The second-order valence-corrected chi connectivity index (χ2v) is 8.81. The molecule has 0 amide bonds. The predicted octanol–water partition coefficient (Wildman–Crippen LogP) is 7.69. The number of allylic oxidation sites excluding steroid dienone is 2. The third kappa shape index (κ3) is 5.18. The molecule has 2 heteroatoms. The van der Waals surface area contributed by atoms with Gasteiger partial charge in [-0.15, -0.1) is 0 Å². The summed E-state index contributed by atoms with van der Waals surface area (Å²) in [5, 5.41) is 0. The molecule has 0 spiro atoms. The average molecular weight is 416 g/mol. The Morgan fingerprint density at radius 3 is 2.58 bits per heavy atom. The number of hydrogen-bond acceptors (Lipinski definition) is 2. The van der Waals surface area contributed by atoms with Crippen LogP contribution < -0.4 is 4.90 Å². The first kappa shape index (κ1) is 23.1. The van der Waals surface area contributed by atoms with Crippen molar-refractivity contribution in [2.45, 2.75) is 65.7 Å². The molecule has 2 aromatic rings. The minimum atomic E-state index is 0.291. The van der Waals surface area contributed by atoms with Crippen LogP contribution in [0.1, 0.15) is 73.0 Å². The number of rotatable bonds is 10. The topological polar surface area (TPSA) is 20.3 Å². The largest absolute Gasteiger partial charge is 0.351 e. The number of aryl methyl sites for hydroxylation is 2. The van der Waals surface area contributed by atoms with E-state index in [4.69, 9.17) is 0 Å². The van der Waals surface area contributed by atoms with Gasteiger partial charge in [-0.3, -0.25) is 4.79 Å². The van der Waals surface area contributed by atoms with Crippen molar-refractivity contribution in [1.82, 2.24) is 0 Å². The Bertz CT molecular complexity index is 965. The summed E-state index contributed by atoms with van der Waals surface area (Å²) in [4.78, 5) is 14.6. The molecule has 2 nitrogen and oxygen atoms in total. The van der Waals surface area contributed by atoms with Crippen LogP contribution in [0.4, 0.5) is 5.69 Å². The zero-order valence-electron chi connectivity index (χ0n) is 19.7. The van der Waals surface area contributed by atoms with E-state index in [-0.39, 0.29) is 0 Å². The van der Waals surface area contributed by atoms with Crippen LogP contribution in [0, 0.1) is 12.8 Å². The van der Waals surface area contributed by atoms with Crippen molar-refractivity contribution in [1.29, 1.82) is 0 Å². The highest BCUT2D eigenvalue weighted by molar-refractivity contribution is 6.03. The van der Waals surface area contributed by atoms with Crippen LogP contribution in [0.25, 0.3) is 11.1 Å². The molecule has 164 valence electrons. The smallest absolute Gasteiger partial charge is 0.163 e. The summed E-state index contributed by atoms with van der Waals surface area (Å²) >= 11 is 0. The van der Waals surface area contributed by atoms with Gasteiger partial charge in [0.1, 0.15) is 0 Å². The molecule has 31 heavy (non-hydrogen) atoms. The Labute approximate surface area is 188 Å². The molecule has 0 N–H and O–H groups in total. The van der Waals surface area contributed by atoms with Crippen molar-refractivity contribution in [2.24, 2.45) is 5.92 Å². The lowest BCUT2D eigenvalue weighted by atomic mass is 9.86. The van der Waals surface area contributed by atoms with Gasteiger partial charge in [0.05, 0.1) is 0 Å². The minimum Gasteiger partial charge on any atom is -0.351 e. The molecule has 0 saturated heterocycles. The molecule has 0 fully saturated rings. The number of ketones is 1. The number of Topliss-reactive ketones (excluding diaryl/α,β-unsaturated/α-hetero) is 1. The van der Waals surface area contributed by atoms with E-state index in [1.807, 2.05) is 12.3 Å². The molecule has 0 heterocycles. The first-order valence-electron chi connectivity index (χ1n) is 11.8. The van der Waals surface area contributed by atoms with E-state index in [2.05, 4.69) is 69.6 Å². The number of fused-ring (bicyclic) bond motifs is 1. The van der Waals surface area contributed by atoms with Gasteiger partial charge in [0.25, 0.3) is 0 Å². The number of hydrogen-bond donors (Lipinski definition) is 0. The van der Waals surface area contributed by atoms with E-state index in [0.717, 1.165) is 30.0 Å². The number of benzene rings is 2. The molecule has 0 aliphatic heterocycles. The zero-order chi connectivity index (χ0) is 22.4. The van der Waals surface area contributed by atoms with Crippen molar-refractivity contribution in [2.75, 3.05) is 11.9 Å². The summed E-state index contributed by atoms with van der Waals surface area (Å²) < 4.78 is 0. The fourth-order valence-electron chi connectivity index (χ4n) is 4.79. The summed E-state index contributed by atoms with van der Waals surface area (Å²) in [6.45, 7) is 10.6. The SMILES string of the molecule is C=C/C=C\N(C)c1ccc(C)c(-c2c(CCCC(CC)CC)ccc3c2CCC3=O)c1. The molecule has 0 bridgehead atoms. The molecule has 0 unspecified atom stereocenters. The van der Waals surface area contributed by atoms with Crippen LogP contribution in [0.2, 0.25) is 0 Å². The van der Waals surface area contributed by atoms with Gasteiger partial charge in [-0.25, -0.2) is 0 Å². The lowest BCUT2D eigenvalue weighted by Gasteiger charge is -2.21. The second kappa shape index (κ2) is 10.6. The Balaban J connectivity index is 2.03. The summed E-state index contributed by atoms with van der Waals surface area (Å²) in [7, 11) is 2.06. The van der Waals surface area contributed by atoms with Gasteiger partial charge < -0.3 is 4.90 Å². The first-order valence-corrected chi connectivity index (χ1v) is 11.8. The zero-order valence-corrected chi connectivity index (χ0v) is 19.7. The summed E-state index contributed by atoms with van der Waals surface area (Å²) in [5.41, 5.74) is 8.57. The quantitative estimate of drug-likeness (QED) is 0.371. The Kier molecular flexibility index (Phi) is 7.90. The van der Waals surface area contributed by atoms with Crippen molar-refractivity contribution in [3.63, 3.8) is 0 Å². The summed E-state index contributed by atoms with van der Waals surface area (Å²) in [6.07, 6.45) is 13.3. The van der Waals surface area contributed by atoms with Gasteiger partial charge in [0.15, 0.2) is 5.78 Å². The molecular formula is C29H37NO. The van der Waals surface area contributed by atoms with E-state index in [0.29, 0.717) is 12.2 Å². The third-order valence-electron chi connectivity index (χ3n) is 6.86. The van der Waals surface area contributed by atoms with Crippen LogP contribution >= 0.6 is 0 Å². The third-order valence-corrected chi connectivity index (χ3v) is 6.86. The molecule has 0 saturated carbocycles. The fourth-order valence-corrected chi connectivity index (χ4v) is 4.79. The first-order chi connectivity index (χ1) is 15.0. The Hall–Kier alpha value is -2.61. The van der Waals surface area contributed by atoms with Gasteiger partial charge in [-0.2, -0.15) is 0 Å². The number of anilines is 1. The highest BCUT2D eigenvalue weighted by Gasteiger charge is 2.25. The van der Waals surface area contributed by atoms with Gasteiger partial charge in [0, 0.05) is 30.9 Å². The standard InChI is InChI=1S/C29H37NO/c1-6-9-19-30(5)24-15-13-21(4)27(20-24)29-23(12-10-11-22(7-2)8-3)14-16-25-26(29)17-18-28(25)31/h6,9,13-16,19-20,22H,1,7-8,10-12,17-18H2,2-5H3/b19-9-. The Morgan fingerprint density at radius 1 is 1.10 bits per heavy atom. The van der Waals surface area contributed by atoms with E-state index >= 15 is 0 Å². The van der Waals surface area contributed by atoms with Crippen LogP contribution in [0.3, 0.4) is 0 Å².